The number of urea groups is 1. The van der Waals surface area contributed by atoms with E-state index < -0.39 is 11.6 Å². The molecule has 0 saturated carbocycles. The Kier molecular flexibility index (Phi) is 4.97. The highest BCUT2D eigenvalue weighted by atomic mass is 32.2. The smallest absolute Gasteiger partial charge is 0.308 e. The molecule has 0 aliphatic carbocycles. The first-order valence-electron chi connectivity index (χ1n) is 8.45. The third-order valence-corrected chi connectivity index (χ3v) is 4.87. The molecule has 7 heteroatoms. The van der Waals surface area contributed by atoms with Crippen molar-refractivity contribution in [3.8, 4) is 0 Å². The van der Waals surface area contributed by atoms with Crippen molar-refractivity contribution in [2.75, 3.05) is 16.9 Å². The molecule has 27 heavy (non-hydrogen) atoms. The number of anilines is 2. The van der Waals surface area contributed by atoms with Crippen LogP contribution in [0.3, 0.4) is 0 Å². The number of nitrogens with one attached hydrogen (secondary N) is 2. The van der Waals surface area contributed by atoms with Gasteiger partial charge in [-0.1, -0.05) is 6.07 Å². The number of hydrogen-bond donors (Lipinski definition) is 2. The summed E-state index contributed by atoms with van der Waals surface area (Å²) < 4.78 is 0. The summed E-state index contributed by atoms with van der Waals surface area (Å²) in [4.78, 5) is 39.7. The van der Waals surface area contributed by atoms with Gasteiger partial charge in [-0.2, -0.15) is 0 Å². The number of thioether (sulfide) groups is 1. The lowest BCUT2D eigenvalue weighted by Gasteiger charge is -2.29. The second-order valence-corrected chi connectivity index (χ2v) is 8.07. The third kappa shape index (κ3) is 3.83. The largest absolute Gasteiger partial charge is 0.323 e. The molecule has 0 aromatic heterocycles. The maximum Gasteiger partial charge on any atom is 0.323 e. The molecular weight excluding hydrogens is 362 g/mol. The molecule has 0 saturated heterocycles. The van der Waals surface area contributed by atoms with Crippen molar-refractivity contribution in [1.82, 2.24) is 4.90 Å². The van der Waals surface area contributed by atoms with E-state index in [1.807, 2.05) is 45.2 Å². The first-order chi connectivity index (χ1) is 12.7. The van der Waals surface area contributed by atoms with Crippen molar-refractivity contribution in [1.29, 1.82) is 0 Å². The predicted molar refractivity (Wildman–Crippen MR) is 108 cm³/mol. The standard InChI is InChI=1S/C20H21N3O3S/c1-20(2,3)23-17(24)15-9-8-13(11-16(15)18(23)25)22-19(26)21-12-6-5-7-14(10-12)27-4/h5-11H,1-4H3,(H2,21,22,26). The highest BCUT2D eigenvalue weighted by Gasteiger charge is 2.41. The number of benzene rings is 2. The average molecular weight is 383 g/mol. The van der Waals surface area contributed by atoms with E-state index in [9.17, 15) is 14.4 Å². The van der Waals surface area contributed by atoms with Crippen LogP contribution in [0, 0.1) is 0 Å². The summed E-state index contributed by atoms with van der Waals surface area (Å²) in [5.41, 5.74) is 1.17. The van der Waals surface area contributed by atoms with Crippen LogP contribution in [0.1, 0.15) is 41.5 Å². The van der Waals surface area contributed by atoms with Gasteiger partial charge in [-0.15, -0.1) is 11.8 Å². The summed E-state index contributed by atoms with van der Waals surface area (Å²) in [7, 11) is 0. The SMILES string of the molecule is CSc1cccc(NC(=O)Nc2ccc3c(c2)C(=O)N(C(C)(C)C)C3=O)c1. The van der Waals surface area contributed by atoms with Crippen molar-refractivity contribution in [2.24, 2.45) is 0 Å². The van der Waals surface area contributed by atoms with Gasteiger partial charge in [0.1, 0.15) is 0 Å². The molecular formula is C20H21N3O3S. The maximum absolute atomic E-state index is 12.6. The minimum atomic E-state index is -0.611. The van der Waals surface area contributed by atoms with Gasteiger partial charge >= 0.3 is 6.03 Å². The van der Waals surface area contributed by atoms with Crippen LogP contribution < -0.4 is 10.6 Å². The van der Waals surface area contributed by atoms with Gasteiger partial charge in [0, 0.05) is 21.8 Å². The molecule has 1 heterocycles. The molecule has 140 valence electrons. The third-order valence-electron chi connectivity index (χ3n) is 4.14. The number of amides is 4. The molecule has 0 spiro atoms. The van der Waals surface area contributed by atoms with Crippen molar-refractivity contribution < 1.29 is 14.4 Å². The van der Waals surface area contributed by atoms with E-state index in [0.29, 0.717) is 22.5 Å². The fourth-order valence-corrected chi connectivity index (χ4v) is 3.38. The Morgan fingerprint density at radius 1 is 0.926 bits per heavy atom. The summed E-state index contributed by atoms with van der Waals surface area (Å²) in [6.07, 6.45) is 1.96. The zero-order valence-corrected chi connectivity index (χ0v) is 16.4. The Hall–Kier alpha value is -2.80. The van der Waals surface area contributed by atoms with Crippen LogP contribution in [0.5, 0.6) is 0 Å². The van der Waals surface area contributed by atoms with Gasteiger partial charge in [0.15, 0.2) is 0 Å². The lowest BCUT2D eigenvalue weighted by Crippen LogP contribution is -2.45. The minimum Gasteiger partial charge on any atom is -0.308 e. The Morgan fingerprint density at radius 3 is 2.19 bits per heavy atom. The predicted octanol–water partition coefficient (Wildman–Crippen LogP) is 4.45. The lowest BCUT2D eigenvalue weighted by molar-refractivity contribution is 0.0507. The molecule has 2 aromatic rings. The van der Waals surface area contributed by atoms with Crippen molar-refractivity contribution >= 4 is 41.0 Å². The first kappa shape index (κ1) is 19.0. The van der Waals surface area contributed by atoms with Crippen LogP contribution in [0.2, 0.25) is 0 Å². The van der Waals surface area contributed by atoms with Crippen molar-refractivity contribution in [3.05, 3.63) is 53.6 Å². The molecule has 4 amide bonds. The van der Waals surface area contributed by atoms with Crippen LogP contribution in [0.15, 0.2) is 47.4 Å². The lowest BCUT2D eigenvalue weighted by atomic mass is 10.1. The molecule has 6 nitrogen and oxygen atoms in total. The number of nitrogens with zero attached hydrogens (tertiary/aromatic N) is 1. The number of rotatable bonds is 3. The van der Waals surface area contributed by atoms with Gasteiger partial charge in [0.05, 0.1) is 11.1 Å². The molecule has 0 atom stereocenters. The Bertz CT molecular complexity index is 934. The fourth-order valence-electron chi connectivity index (χ4n) is 2.92. The van der Waals surface area contributed by atoms with E-state index in [1.165, 1.54) is 4.90 Å². The number of carbonyl (C=O) groups excluding carboxylic acids is 3. The molecule has 0 bridgehead atoms. The van der Waals surface area contributed by atoms with Crippen LogP contribution >= 0.6 is 11.8 Å². The number of carbonyl (C=O) groups is 3. The Morgan fingerprint density at radius 2 is 1.56 bits per heavy atom. The zero-order chi connectivity index (χ0) is 19.8. The van der Waals surface area contributed by atoms with E-state index in [-0.39, 0.29) is 11.8 Å². The van der Waals surface area contributed by atoms with Gasteiger partial charge in [0.2, 0.25) is 0 Å². The van der Waals surface area contributed by atoms with Gasteiger partial charge < -0.3 is 10.6 Å². The fraction of sp³-hybridized carbons (Fsp3) is 0.250. The van der Waals surface area contributed by atoms with Crippen LogP contribution in [0.25, 0.3) is 0 Å². The highest BCUT2D eigenvalue weighted by Crippen LogP contribution is 2.31. The number of imide groups is 1. The summed E-state index contributed by atoms with van der Waals surface area (Å²) in [6, 6.07) is 11.8. The van der Waals surface area contributed by atoms with Gasteiger partial charge in [-0.05, 0) is 63.4 Å². The van der Waals surface area contributed by atoms with Gasteiger partial charge in [0.25, 0.3) is 11.8 Å². The van der Waals surface area contributed by atoms with E-state index in [0.717, 1.165) is 4.90 Å². The summed E-state index contributed by atoms with van der Waals surface area (Å²) in [5, 5.41) is 5.47. The van der Waals surface area contributed by atoms with E-state index in [1.54, 1.807) is 36.0 Å². The topological polar surface area (TPSA) is 78.5 Å². The quantitative estimate of drug-likeness (QED) is 0.606. The summed E-state index contributed by atoms with van der Waals surface area (Å²) in [5.74, 6) is -0.661. The molecule has 2 N–H and O–H groups in total. The molecule has 0 unspecified atom stereocenters. The molecule has 1 aliphatic heterocycles. The van der Waals surface area contributed by atoms with E-state index in [2.05, 4.69) is 10.6 Å². The second kappa shape index (κ2) is 7.08. The van der Waals surface area contributed by atoms with Gasteiger partial charge in [-0.3, -0.25) is 14.5 Å². The Labute approximate surface area is 162 Å². The van der Waals surface area contributed by atoms with E-state index >= 15 is 0 Å². The number of hydrogen-bond acceptors (Lipinski definition) is 4. The first-order valence-corrected chi connectivity index (χ1v) is 9.68. The Balaban J connectivity index is 1.77. The normalized spacial score (nSPS) is 13.6. The average Bonchev–Trinajstić information content (AvgIpc) is 2.85. The minimum absolute atomic E-state index is 0.303. The van der Waals surface area contributed by atoms with Crippen LogP contribution in [-0.2, 0) is 0 Å². The van der Waals surface area contributed by atoms with Crippen molar-refractivity contribution in [2.45, 2.75) is 31.2 Å². The van der Waals surface area contributed by atoms with Crippen LogP contribution in [-0.4, -0.2) is 34.5 Å². The second-order valence-electron chi connectivity index (χ2n) is 7.19. The molecule has 2 aromatic carbocycles. The molecule has 0 fully saturated rings. The molecule has 3 rings (SSSR count). The number of fused-ring (bicyclic) bond motifs is 1. The van der Waals surface area contributed by atoms with Gasteiger partial charge in [-0.25, -0.2) is 4.79 Å². The van der Waals surface area contributed by atoms with E-state index in [4.69, 9.17) is 0 Å². The van der Waals surface area contributed by atoms with Crippen LogP contribution in [0.4, 0.5) is 16.2 Å². The zero-order valence-electron chi connectivity index (χ0n) is 15.6. The van der Waals surface area contributed by atoms with Crippen molar-refractivity contribution in [3.63, 3.8) is 0 Å². The highest BCUT2D eigenvalue weighted by molar-refractivity contribution is 7.98. The summed E-state index contributed by atoms with van der Waals surface area (Å²) in [6.45, 7) is 5.43. The monoisotopic (exact) mass is 383 g/mol. The molecule has 0 radical (unpaired) electrons. The summed E-state index contributed by atoms with van der Waals surface area (Å²) >= 11 is 1.58. The molecule has 1 aliphatic rings. The maximum atomic E-state index is 12.6.